The normalized spacial score (nSPS) is 12.8. The van der Waals surface area contributed by atoms with Crippen LogP contribution in [0.3, 0.4) is 0 Å². The molecule has 4 rings (SSSR count). The van der Waals surface area contributed by atoms with Crippen LogP contribution >= 0.6 is 0 Å². The van der Waals surface area contributed by atoms with Gasteiger partial charge in [-0.2, -0.15) is 0 Å². The number of ketones is 2. The molecule has 9 heteroatoms. The number of amides is 1. The lowest BCUT2D eigenvalue weighted by Gasteiger charge is -2.20. The molecule has 1 N–H and O–H groups in total. The minimum absolute atomic E-state index is 0.0270. The first-order chi connectivity index (χ1) is 16.8. The first kappa shape index (κ1) is 23.5. The van der Waals surface area contributed by atoms with Crippen molar-refractivity contribution in [3.8, 4) is 0 Å². The van der Waals surface area contributed by atoms with Gasteiger partial charge in [0.2, 0.25) is 5.78 Å². The van der Waals surface area contributed by atoms with Gasteiger partial charge >= 0.3 is 5.97 Å². The van der Waals surface area contributed by atoms with Gasteiger partial charge in [-0.3, -0.25) is 24.5 Å². The van der Waals surface area contributed by atoms with E-state index < -0.39 is 51.2 Å². The summed E-state index contributed by atoms with van der Waals surface area (Å²) in [5.41, 5.74) is -0.902. The van der Waals surface area contributed by atoms with Crippen LogP contribution in [0.4, 0.5) is 5.69 Å². The summed E-state index contributed by atoms with van der Waals surface area (Å²) >= 11 is 0. The summed E-state index contributed by atoms with van der Waals surface area (Å²) in [5, 5.41) is 14.5. The highest BCUT2D eigenvalue weighted by molar-refractivity contribution is 6.30. The summed E-state index contributed by atoms with van der Waals surface area (Å²) in [6.45, 7) is 1.70. The monoisotopic (exact) mass is 472 g/mol. The smallest absolute Gasteiger partial charge is 0.328 e. The van der Waals surface area contributed by atoms with Crippen LogP contribution in [-0.4, -0.2) is 41.0 Å². The molecule has 0 heterocycles. The molecule has 0 aliphatic heterocycles. The van der Waals surface area contributed by atoms with Crippen LogP contribution in [0.15, 0.2) is 66.7 Å². The molecule has 0 spiro atoms. The second kappa shape index (κ2) is 9.68. The van der Waals surface area contributed by atoms with Gasteiger partial charge in [0.1, 0.15) is 17.2 Å². The van der Waals surface area contributed by atoms with Crippen molar-refractivity contribution in [1.29, 1.82) is 0 Å². The number of nitrogens with one attached hydrogen (secondary N) is 1. The Morgan fingerprint density at radius 2 is 1.54 bits per heavy atom. The molecule has 0 aromatic heterocycles. The van der Waals surface area contributed by atoms with E-state index in [4.69, 9.17) is 4.74 Å². The number of nitrogens with zero attached hydrogens (tertiary/aromatic N) is 1. The minimum Gasteiger partial charge on any atom is -0.464 e. The lowest BCUT2D eigenvalue weighted by atomic mass is 9.82. The van der Waals surface area contributed by atoms with Crippen molar-refractivity contribution in [1.82, 2.24) is 5.32 Å². The van der Waals surface area contributed by atoms with Crippen molar-refractivity contribution in [2.24, 2.45) is 0 Å². The molecule has 35 heavy (non-hydrogen) atoms. The fourth-order valence-corrected chi connectivity index (χ4v) is 4.06. The zero-order valence-electron chi connectivity index (χ0n) is 18.6. The van der Waals surface area contributed by atoms with Crippen molar-refractivity contribution < 1.29 is 28.8 Å². The van der Waals surface area contributed by atoms with E-state index in [1.165, 1.54) is 18.2 Å². The second-order valence-electron chi connectivity index (χ2n) is 7.81. The number of carbonyl (C=O) groups is 4. The van der Waals surface area contributed by atoms with Gasteiger partial charge in [0.15, 0.2) is 5.78 Å². The molecule has 176 valence electrons. The molecular formula is C26H20N2O7. The van der Waals surface area contributed by atoms with E-state index in [1.807, 2.05) is 0 Å². The molecule has 0 bridgehead atoms. The third-order valence-electron chi connectivity index (χ3n) is 5.65. The van der Waals surface area contributed by atoms with Crippen LogP contribution < -0.4 is 5.32 Å². The van der Waals surface area contributed by atoms with Gasteiger partial charge < -0.3 is 10.1 Å². The molecule has 1 atom stereocenters. The molecule has 9 nitrogen and oxygen atoms in total. The number of ether oxygens (including phenoxy) is 1. The number of hydrogen-bond donors (Lipinski definition) is 1. The van der Waals surface area contributed by atoms with Gasteiger partial charge in [-0.25, -0.2) is 4.79 Å². The van der Waals surface area contributed by atoms with Gasteiger partial charge in [0.25, 0.3) is 11.6 Å². The third kappa shape index (κ3) is 4.43. The highest BCUT2D eigenvalue weighted by atomic mass is 16.6. The topological polar surface area (TPSA) is 133 Å². The van der Waals surface area contributed by atoms with Gasteiger partial charge in [0, 0.05) is 23.1 Å². The standard InChI is InChI=1S/C26H20N2O7/c1-2-35-26(32)20(14-15-8-4-3-5-9-15)27-25(31)19-13-12-18-21(22(19)28(33)34)24(30)17-11-7-6-10-16(17)23(18)29/h3-13,20H,2,14H2,1H3,(H,27,31). The maximum absolute atomic E-state index is 13.2. The lowest BCUT2D eigenvalue weighted by molar-refractivity contribution is -0.385. The van der Waals surface area contributed by atoms with E-state index >= 15 is 0 Å². The third-order valence-corrected chi connectivity index (χ3v) is 5.65. The number of rotatable bonds is 7. The van der Waals surface area contributed by atoms with Crippen LogP contribution in [0.1, 0.15) is 54.7 Å². The molecule has 3 aromatic carbocycles. The number of hydrogen-bond acceptors (Lipinski definition) is 7. The molecule has 1 amide bonds. The Hall–Kier alpha value is -4.66. The van der Waals surface area contributed by atoms with Crippen LogP contribution in [0.5, 0.6) is 0 Å². The SMILES string of the molecule is CCOC(=O)C(Cc1ccccc1)NC(=O)c1ccc2c(c1[N+](=O)[O-])C(=O)c1ccccc1C2=O. The van der Waals surface area contributed by atoms with Crippen LogP contribution in [0.25, 0.3) is 0 Å². The molecule has 1 aliphatic carbocycles. The summed E-state index contributed by atoms with van der Waals surface area (Å²) in [6.07, 6.45) is 0.0922. The second-order valence-corrected chi connectivity index (χ2v) is 7.81. The maximum atomic E-state index is 13.2. The van der Waals surface area contributed by atoms with Crippen molar-refractivity contribution in [2.45, 2.75) is 19.4 Å². The van der Waals surface area contributed by atoms with Crippen molar-refractivity contribution in [2.75, 3.05) is 6.61 Å². The number of nitro groups is 1. The fraction of sp³-hybridized carbons (Fsp3) is 0.154. The first-order valence-corrected chi connectivity index (χ1v) is 10.8. The number of benzene rings is 3. The number of carbonyl (C=O) groups excluding carboxylic acids is 4. The molecule has 1 aliphatic rings. The predicted octanol–water partition coefficient (Wildman–Crippen LogP) is 3.27. The zero-order valence-corrected chi connectivity index (χ0v) is 18.6. The first-order valence-electron chi connectivity index (χ1n) is 10.8. The molecule has 0 fully saturated rings. The van der Waals surface area contributed by atoms with E-state index in [1.54, 1.807) is 49.4 Å². The van der Waals surface area contributed by atoms with Crippen molar-refractivity contribution >= 4 is 29.1 Å². The maximum Gasteiger partial charge on any atom is 0.328 e. The van der Waals surface area contributed by atoms with E-state index in [2.05, 4.69) is 5.32 Å². The average Bonchev–Trinajstić information content (AvgIpc) is 2.86. The van der Waals surface area contributed by atoms with Crippen LogP contribution in [0.2, 0.25) is 0 Å². The Labute approximate surface area is 199 Å². The highest BCUT2D eigenvalue weighted by Gasteiger charge is 2.39. The van der Waals surface area contributed by atoms with E-state index in [-0.39, 0.29) is 29.7 Å². The largest absolute Gasteiger partial charge is 0.464 e. The Morgan fingerprint density at radius 3 is 2.17 bits per heavy atom. The van der Waals surface area contributed by atoms with E-state index in [0.717, 1.165) is 11.6 Å². The highest BCUT2D eigenvalue weighted by Crippen LogP contribution is 2.35. The van der Waals surface area contributed by atoms with Crippen molar-refractivity contribution in [3.05, 3.63) is 110 Å². The summed E-state index contributed by atoms with van der Waals surface area (Å²) < 4.78 is 5.07. The molecule has 0 saturated heterocycles. The molecule has 1 unspecified atom stereocenters. The predicted molar refractivity (Wildman–Crippen MR) is 124 cm³/mol. The minimum atomic E-state index is -1.13. The van der Waals surface area contributed by atoms with Gasteiger partial charge in [0.05, 0.1) is 11.5 Å². The summed E-state index contributed by atoms with van der Waals surface area (Å²) in [6, 6.07) is 16.1. The molecular weight excluding hydrogens is 452 g/mol. The zero-order chi connectivity index (χ0) is 25.1. The van der Waals surface area contributed by atoms with Crippen LogP contribution in [-0.2, 0) is 16.0 Å². The summed E-state index contributed by atoms with van der Waals surface area (Å²) in [4.78, 5) is 63.0. The Balaban J connectivity index is 1.74. The Kier molecular flexibility index (Phi) is 6.50. The fourth-order valence-electron chi connectivity index (χ4n) is 4.06. The lowest BCUT2D eigenvalue weighted by Crippen LogP contribution is -2.43. The molecule has 0 saturated carbocycles. The number of nitro benzene ring substituents is 1. The van der Waals surface area contributed by atoms with E-state index in [9.17, 15) is 29.3 Å². The number of esters is 1. The van der Waals surface area contributed by atoms with E-state index in [0.29, 0.717) is 0 Å². The summed E-state index contributed by atoms with van der Waals surface area (Å²) in [7, 11) is 0. The molecule has 0 radical (unpaired) electrons. The summed E-state index contributed by atoms with van der Waals surface area (Å²) in [5.74, 6) is -2.90. The van der Waals surface area contributed by atoms with Crippen molar-refractivity contribution in [3.63, 3.8) is 0 Å². The van der Waals surface area contributed by atoms with Gasteiger partial charge in [-0.1, -0.05) is 54.6 Å². The molecule has 3 aromatic rings. The van der Waals surface area contributed by atoms with Crippen LogP contribution in [0, 0.1) is 10.1 Å². The Morgan fingerprint density at radius 1 is 0.914 bits per heavy atom. The average molecular weight is 472 g/mol. The van der Waals surface area contributed by atoms with Gasteiger partial charge in [-0.15, -0.1) is 0 Å². The Bertz CT molecular complexity index is 1370. The van der Waals surface area contributed by atoms with Gasteiger partial charge in [-0.05, 0) is 24.6 Å². The quantitative estimate of drug-likeness (QED) is 0.248. The number of fused-ring (bicyclic) bond motifs is 2.